The van der Waals surface area contributed by atoms with Gasteiger partial charge in [-0.05, 0) is 90.6 Å². The molecule has 1 aliphatic heterocycles. The first-order valence-electron chi connectivity index (χ1n) is 14.0. The molecular weight excluding hydrogens is 458 g/mol. The van der Waals surface area contributed by atoms with Crippen molar-refractivity contribution in [2.45, 2.75) is 71.6 Å². The maximum Gasteiger partial charge on any atom is 0.165 e. The van der Waals surface area contributed by atoms with E-state index in [0.29, 0.717) is 17.9 Å². The maximum absolute atomic E-state index is 13.4. The van der Waals surface area contributed by atoms with Crippen LogP contribution < -0.4 is 0 Å². The van der Waals surface area contributed by atoms with Gasteiger partial charge < -0.3 is 9.52 Å². The van der Waals surface area contributed by atoms with Crippen molar-refractivity contribution in [3.8, 4) is 16.9 Å². The molecule has 1 fully saturated rings. The molecule has 3 unspecified atom stereocenters. The van der Waals surface area contributed by atoms with Crippen LogP contribution >= 0.6 is 0 Å². The van der Waals surface area contributed by atoms with Crippen molar-refractivity contribution in [2.24, 2.45) is 28.7 Å². The third kappa shape index (κ3) is 6.23. The number of carbonyl (C=O) groups excluding carboxylic acids is 1. The van der Waals surface area contributed by atoms with Crippen molar-refractivity contribution in [3.05, 3.63) is 72.2 Å². The Morgan fingerprint density at radius 1 is 0.973 bits per heavy atom. The van der Waals surface area contributed by atoms with Crippen LogP contribution in [0.25, 0.3) is 11.1 Å². The molecular formula is C33H39NO3. The van der Waals surface area contributed by atoms with Gasteiger partial charge in [-0.1, -0.05) is 52.0 Å². The number of ketones is 1. The van der Waals surface area contributed by atoms with Crippen LogP contribution in [0.3, 0.4) is 0 Å². The Morgan fingerprint density at radius 2 is 1.76 bits per heavy atom. The SMILES string of the molecule is CC(C)CCC1CCCC(CC2CCC(=O)c3cc(-c4ccoc4)ccc3N=C2c2ccc(O)cc2)C1. The summed E-state index contributed by atoms with van der Waals surface area (Å²) in [5.74, 6) is 2.91. The summed E-state index contributed by atoms with van der Waals surface area (Å²) >= 11 is 0. The summed E-state index contributed by atoms with van der Waals surface area (Å²) in [6.07, 6.45) is 13.6. The molecule has 1 aromatic heterocycles. The number of nitrogens with zero attached hydrogens (tertiary/aromatic N) is 1. The molecule has 194 valence electrons. The highest BCUT2D eigenvalue weighted by atomic mass is 16.3. The summed E-state index contributed by atoms with van der Waals surface area (Å²) in [6.45, 7) is 4.64. The van der Waals surface area contributed by atoms with Crippen LogP contribution in [0.5, 0.6) is 5.75 Å². The van der Waals surface area contributed by atoms with E-state index in [1.54, 1.807) is 24.7 Å². The summed E-state index contributed by atoms with van der Waals surface area (Å²) in [6, 6.07) is 15.3. The number of aliphatic imine (C=N–C) groups is 1. The number of fused-ring (bicyclic) bond motifs is 1. The molecule has 0 saturated heterocycles. The summed E-state index contributed by atoms with van der Waals surface area (Å²) in [5.41, 5.74) is 5.43. The molecule has 3 atom stereocenters. The van der Waals surface area contributed by atoms with Crippen molar-refractivity contribution >= 4 is 17.2 Å². The summed E-state index contributed by atoms with van der Waals surface area (Å²) in [5, 5.41) is 9.92. The van der Waals surface area contributed by atoms with Gasteiger partial charge in [-0.3, -0.25) is 9.79 Å². The molecule has 0 amide bonds. The van der Waals surface area contributed by atoms with Crippen molar-refractivity contribution < 1.29 is 14.3 Å². The molecule has 5 rings (SSSR count). The number of phenols is 1. The second-order valence-electron chi connectivity index (χ2n) is 11.6. The Labute approximate surface area is 220 Å². The van der Waals surface area contributed by atoms with E-state index in [4.69, 9.17) is 9.41 Å². The van der Waals surface area contributed by atoms with E-state index < -0.39 is 0 Å². The fourth-order valence-corrected chi connectivity index (χ4v) is 6.27. The lowest BCUT2D eigenvalue weighted by Gasteiger charge is -2.33. The van der Waals surface area contributed by atoms with E-state index in [-0.39, 0.29) is 17.5 Å². The lowest BCUT2D eigenvalue weighted by atomic mass is 9.73. The van der Waals surface area contributed by atoms with Gasteiger partial charge in [-0.2, -0.15) is 0 Å². The maximum atomic E-state index is 13.4. The van der Waals surface area contributed by atoms with E-state index in [0.717, 1.165) is 52.8 Å². The first-order chi connectivity index (χ1) is 18.0. The van der Waals surface area contributed by atoms with Gasteiger partial charge in [-0.25, -0.2) is 0 Å². The molecule has 4 heteroatoms. The van der Waals surface area contributed by atoms with Gasteiger partial charge >= 0.3 is 0 Å². The number of hydrogen-bond acceptors (Lipinski definition) is 4. The van der Waals surface area contributed by atoms with Crippen molar-refractivity contribution in [2.75, 3.05) is 0 Å². The number of furan rings is 1. The van der Waals surface area contributed by atoms with Gasteiger partial charge in [0, 0.05) is 23.5 Å². The molecule has 1 N–H and O–H groups in total. The predicted molar refractivity (Wildman–Crippen MR) is 150 cm³/mol. The second kappa shape index (κ2) is 11.5. The minimum atomic E-state index is 0.164. The van der Waals surface area contributed by atoms with Crippen LogP contribution in [0.15, 0.2) is 70.5 Å². The smallest absolute Gasteiger partial charge is 0.165 e. The van der Waals surface area contributed by atoms with Crippen LogP contribution in [0.2, 0.25) is 0 Å². The average Bonchev–Trinajstić information content (AvgIpc) is 3.44. The lowest BCUT2D eigenvalue weighted by Crippen LogP contribution is -2.25. The molecule has 37 heavy (non-hydrogen) atoms. The summed E-state index contributed by atoms with van der Waals surface area (Å²) < 4.78 is 5.26. The van der Waals surface area contributed by atoms with Crippen LogP contribution in [0.4, 0.5) is 5.69 Å². The quantitative estimate of drug-likeness (QED) is 0.354. The number of phenolic OH excluding ortho intramolecular Hbond substituents is 1. The Bertz CT molecular complexity index is 1220. The van der Waals surface area contributed by atoms with Gasteiger partial charge in [0.05, 0.1) is 23.9 Å². The molecule has 0 bridgehead atoms. The minimum Gasteiger partial charge on any atom is -0.508 e. The van der Waals surface area contributed by atoms with Gasteiger partial charge in [-0.15, -0.1) is 0 Å². The standard InChI is InChI=1S/C33H39NO3/c1-22(2)6-7-23-4-3-5-24(18-23)19-27-11-15-32(36)30-20-26(28-16-17-37-21-28)10-14-31(30)34-33(27)25-8-12-29(35)13-9-25/h8-10,12-14,16-17,20-24,27,35H,3-7,11,15,18-19H2,1-2H3. The fourth-order valence-electron chi connectivity index (χ4n) is 6.27. The third-order valence-corrected chi connectivity index (χ3v) is 8.32. The van der Waals surface area contributed by atoms with Crippen molar-refractivity contribution in [1.29, 1.82) is 0 Å². The fraction of sp³-hybridized carbons (Fsp3) is 0.455. The van der Waals surface area contributed by atoms with Crippen molar-refractivity contribution in [1.82, 2.24) is 0 Å². The molecule has 1 aliphatic carbocycles. The summed E-state index contributed by atoms with van der Waals surface area (Å²) in [4.78, 5) is 18.6. The largest absolute Gasteiger partial charge is 0.508 e. The molecule has 2 aromatic carbocycles. The monoisotopic (exact) mass is 497 g/mol. The highest BCUT2D eigenvalue weighted by Crippen LogP contribution is 2.40. The number of benzene rings is 2. The normalized spacial score (nSPS) is 22.3. The Kier molecular flexibility index (Phi) is 7.93. The second-order valence-corrected chi connectivity index (χ2v) is 11.6. The highest BCUT2D eigenvalue weighted by molar-refractivity contribution is 6.08. The van der Waals surface area contributed by atoms with Crippen LogP contribution in [0.1, 0.15) is 87.6 Å². The zero-order valence-corrected chi connectivity index (χ0v) is 22.2. The molecule has 2 heterocycles. The van der Waals surface area contributed by atoms with Crippen molar-refractivity contribution in [3.63, 3.8) is 0 Å². The molecule has 0 spiro atoms. The van der Waals surface area contributed by atoms with Gasteiger partial charge in [0.15, 0.2) is 5.78 Å². The third-order valence-electron chi connectivity index (χ3n) is 8.32. The highest BCUT2D eigenvalue weighted by Gasteiger charge is 2.30. The zero-order valence-electron chi connectivity index (χ0n) is 22.2. The molecule has 0 radical (unpaired) electrons. The Hall–Kier alpha value is -3.14. The number of aromatic hydroxyl groups is 1. The molecule has 2 aliphatic rings. The van der Waals surface area contributed by atoms with Gasteiger partial charge in [0.2, 0.25) is 0 Å². The molecule has 4 nitrogen and oxygen atoms in total. The van der Waals surface area contributed by atoms with E-state index in [1.807, 2.05) is 36.4 Å². The van der Waals surface area contributed by atoms with Crippen LogP contribution in [0, 0.1) is 23.7 Å². The molecule has 1 saturated carbocycles. The van der Waals surface area contributed by atoms with E-state index >= 15 is 0 Å². The predicted octanol–water partition coefficient (Wildman–Crippen LogP) is 9.00. The minimum absolute atomic E-state index is 0.164. The van der Waals surface area contributed by atoms with Gasteiger partial charge in [0.1, 0.15) is 5.75 Å². The van der Waals surface area contributed by atoms with Gasteiger partial charge in [0.25, 0.3) is 0 Å². The number of rotatable bonds is 7. The zero-order chi connectivity index (χ0) is 25.8. The molecule has 3 aromatic rings. The Morgan fingerprint density at radius 3 is 2.51 bits per heavy atom. The number of hydrogen-bond donors (Lipinski definition) is 1. The van der Waals surface area contributed by atoms with E-state index in [2.05, 4.69) is 13.8 Å². The summed E-state index contributed by atoms with van der Waals surface area (Å²) in [7, 11) is 0. The number of carbonyl (C=O) groups is 1. The van der Waals surface area contributed by atoms with E-state index in [9.17, 15) is 9.90 Å². The Balaban J connectivity index is 1.46. The van der Waals surface area contributed by atoms with E-state index in [1.165, 1.54) is 38.5 Å². The first-order valence-corrected chi connectivity index (χ1v) is 14.0. The topological polar surface area (TPSA) is 62.8 Å². The number of Topliss-reactive ketones (excluding diaryl/α,β-unsaturated/α-hetero) is 1. The van der Waals surface area contributed by atoms with Crippen LogP contribution in [-0.4, -0.2) is 16.6 Å². The lowest BCUT2D eigenvalue weighted by molar-refractivity contribution is 0.0974. The average molecular weight is 498 g/mol. The first kappa shape index (κ1) is 25.5. The van der Waals surface area contributed by atoms with Crippen LogP contribution in [-0.2, 0) is 0 Å².